The summed E-state index contributed by atoms with van der Waals surface area (Å²) in [5.74, 6) is -0.175. The van der Waals surface area contributed by atoms with Crippen LogP contribution in [-0.2, 0) is 4.74 Å². The van der Waals surface area contributed by atoms with Gasteiger partial charge in [-0.15, -0.1) is 0 Å². The zero-order valence-corrected chi connectivity index (χ0v) is 12.3. The van der Waals surface area contributed by atoms with Crippen LogP contribution in [0.4, 0.5) is 0 Å². The van der Waals surface area contributed by atoms with E-state index >= 15 is 0 Å². The molecule has 0 radical (unpaired) electrons. The Morgan fingerprint density at radius 1 is 1.40 bits per heavy atom. The average Bonchev–Trinajstić information content (AvgIpc) is 2.97. The SMILES string of the molecule is CC(=O)c1c(C)[nH]c(C(=O)NCCC2CCCO2)c1C. The van der Waals surface area contributed by atoms with E-state index < -0.39 is 0 Å². The maximum absolute atomic E-state index is 12.1. The van der Waals surface area contributed by atoms with Gasteiger partial charge in [-0.3, -0.25) is 9.59 Å². The number of H-pyrrole nitrogens is 1. The fraction of sp³-hybridized carbons (Fsp3) is 0.600. The Labute approximate surface area is 119 Å². The van der Waals surface area contributed by atoms with Crippen LogP contribution < -0.4 is 5.32 Å². The number of amides is 1. The molecule has 0 bridgehead atoms. The number of carbonyl (C=O) groups excluding carboxylic acids is 2. The van der Waals surface area contributed by atoms with Crippen LogP contribution in [-0.4, -0.2) is 35.9 Å². The van der Waals surface area contributed by atoms with Gasteiger partial charge in [-0.1, -0.05) is 0 Å². The van der Waals surface area contributed by atoms with E-state index in [-0.39, 0.29) is 17.8 Å². The lowest BCUT2D eigenvalue weighted by molar-refractivity contribution is 0.0903. The third-order valence-corrected chi connectivity index (χ3v) is 3.79. The summed E-state index contributed by atoms with van der Waals surface area (Å²) < 4.78 is 5.52. The molecule has 20 heavy (non-hydrogen) atoms. The molecule has 2 heterocycles. The Kier molecular flexibility index (Phi) is 4.60. The molecule has 0 aliphatic carbocycles. The minimum absolute atomic E-state index is 0.0188. The number of ether oxygens (including phenoxy) is 1. The second kappa shape index (κ2) is 6.22. The topological polar surface area (TPSA) is 71.2 Å². The maximum atomic E-state index is 12.1. The number of Topliss-reactive ketones (excluding diaryl/α,β-unsaturated/α-hetero) is 1. The molecule has 1 atom stereocenters. The first kappa shape index (κ1) is 14.8. The fourth-order valence-electron chi connectivity index (χ4n) is 2.81. The quantitative estimate of drug-likeness (QED) is 0.811. The molecule has 5 nitrogen and oxygen atoms in total. The number of ketones is 1. The molecule has 1 aliphatic rings. The summed E-state index contributed by atoms with van der Waals surface area (Å²) in [6.45, 7) is 6.55. The molecule has 110 valence electrons. The lowest BCUT2D eigenvalue weighted by Crippen LogP contribution is -2.27. The molecule has 0 spiro atoms. The Morgan fingerprint density at radius 2 is 2.15 bits per heavy atom. The Balaban J connectivity index is 1.95. The molecular formula is C15H22N2O3. The van der Waals surface area contributed by atoms with Crippen molar-refractivity contribution in [3.63, 3.8) is 0 Å². The molecule has 0 aromatic carbocycles. The van der Waals surface area contributed by atoms with Crippen molar-refractivity contribution < 1.29 is 14.3 Å². The van der Waals surface area contributed by atoms with Crippen molar-refractivity contribution in [3.05, 3.63) is 22.5 Å². The summed E-state index contributed by atoms with van der Waals surface area (Å²) >= 11 is 0. The van der Waals surface area contributed by atoms with Crippen LogP contribution >= 0.6 is 0 Å². The van der Waals surface area contributed by atoms with Crippen LogP contribution in [0.1, 0.15) is 58.3 Å². The Morgan fingerprint density at radius 3 is 2.70 bits per heavy atom. The third kappa shape index (κ3) is 3.10. The van der Waals surface area contributed by atoms with Gasteiger partial charge < -0.3 is 15.0 Å². The number of nitrogens with one attached hydrogen (secondary N) is 2. The van der Waals surface area contributed by atoms with E-state index in [0.717, 1.165) is 37.1 Å². The van der Waals surface area contributed by atoms with E-state index in [4.69, 9.17) is 4.74 Å². The number of hydrogen-bond acceptors (Lipinski definition) is 3. The van der Waals surface area contributed by atoms with Gasteiger partial charge in [0.15, 0.2) is 5.78 Å². The van der Waals surface area contributed by atoms with Gasteiger partial charge in [0.05, 0.1) is 6.10 Å². The van der Waals surface area contributed by atoms with Gasteiger partial charge in [-0.05, 0) is 45.6 Å². The Hall–Kier alpha value is -1.62. The van der Waals surface area contributed by atoms with Crippen LogP contribution in [0, 0.1) is 13.8 Å². The van der Waals surface area contributed by atoms with Crippen molar-refractivity contribution in [2.45, 2.75) is 46.1 Å². The first-order valence-corrected chi connectivity index (χ1v) is 7.10. The summed E-state index contributed by atoms with van der Waals surface area (Å²) in [6.07, 6.45) is 3.29. The van der Waals surface area contributed by atoms with E-state index in [1.54, 1.807) is 6.92 Å². The number of hydrogen-bond donors (Lipinski definition) is 2. The predicted octanol–water partition coefficient (Wildman–Crippen LogP) is 2.13. The van der Waals surface area contributed by atoms with Gasteiger partial charge in [0.2, 0.25) is 0 Å². The van der Waals surface area contributed by atoms with Crippen molar-refractivity contribution in [2.75, 3.05) is 13.2 Å². The molecular weight excluding hydrogens is 256 g/mol. The van der Waals surface area contributed by atoms with Crippen molar-refractivity contribution in [3.8, 4) is 0 Å². The fourth-order valence-corrected chi connectivity index (χ4v) is 2.81. The van der Waals surface area contributed by atoms with Gasteiger partial charge in [-0.25, -0.2) is 0 Å². The van der Waals surface area contributed by atoms with E-state index in [1.165, 1.54) is 6.92 Å². The zero-order chi connectivity index (χ0) is 14.7. The highest BCUT2D eigenvalue weighted by Crippen LogP contribution is 2.18. The summed E-state index contributed by atoms with van der Waals surface area (Å²) in [4.78, 5) is 26.7. The molecule has 2 rings (SSSR count). The van der Waals surface area contributed by atoms with E-state index in [1.807, 2.05) is 6.92 Å². The molecule has 2 N–H and O–H groups in total. The lowest BCUT2D eigenvalue weighted by atomic mass is 10.1. The molecule has 1 aliphatic heterocycles. The average molecular weight is 278 g/mol. The normalized spacial score (nSPS) is 18.2. The molecule has 1 amide bonds. The molecule has 5 heteroatoms. The summed E-state index contributed by atoms with van der Waals surface area (Å²) in [5.41, 5.74) is 2.58. The molecule has 1 fully saturated rings. The minimum atomic E-state index is -0.156. The monoisotopic (exact) mass is 278 g/mol. The van der Waals surface area contributed by atoms with Crippen molar-refractivity contribution >= 4 is 11.7 Å². The van der Waals surface area contributed by atoms with Gasteiger partial charge in [-0.2, -0.15) is 0 Å². The second-order valence-electron chi connectivity index (χ2n) is 5.36. The van der Waals surface area contributed by atoms with Crippen LogP contribution in [0.3, 0.4) is 0 Å². The Bertz CT molecular complexity index is 513. The highest BCUT2D eigenvalue weighted by atomic mass is 16.5. The molecule has 0 saturated carbocycles. The number of aromatic nitrogens is 1. The molecule has 1 saturated heterocycles. The van der Waals surface area contributed by atoms with Crippen molar-refractivity contribution in [2.24, 2.45) is 0 Å². The van der Waals surface area contributed by atoms with E-state index in [2.05, 4.69) is 10.3 Å². The van der Waals surface area contributed by atoms with Crippen LogP contribution in [0.25, 0.3) is 0 Å². The number of aromatic amines is 1. The summed E-state index contributed by atoms with van der Waals surface area (Å²) in [5, 5.41) is 2.88. The van der Waals surface area contributed by atoms with Crippen LogP contribution in [0.15, 0.2) is 0 Å². The van der Waals surface area contributed by atoms with Crippen molar-refractivity contribution in [1.82, 2.24) is 10.3 Å². The second-order valence-corrected chi connectivity index (χ2v) is 5.36. The maximum Gasteiger partial charge on any atom is 0.268 e. The van der Waals surface area contributed by atoms with Gasteiger partial charge in [0, 0.05) is 24.4 Å². The molecule has 1 aromatic rings. The highest BCUT2D eigenvalue weighted by molar-refractivity contribution is 6.02. The van der Waals surface area contributed by atoms with Gasteiger partial charge >= 0.3 is 0 Å². The predicted molar refractivity (Wildman–Crippen MR) is 76.2 cm³/mol. The van der Waals surface area contributed by atoms with Crippen LogP contribution in [0.2, 0.25) is 0 Å². The largest absolute Gasteiger partial charge is 0.378 e. The third-order valence-electron chi connectivity index (χ3n) is 3.79. The number of carbonyl (C=O) groups is 2. The summed E-state index contributed by atoms with van der Waals surface area (Å²) in [6, 6.07) is 0. The first-order valence-electron chi connectivity index (χ1n) is 7.10. The van der Waals surface area contributed by atoms with Crippen molar-refractivity contribution in [1.29, 1.82) is 0 Å². The molecule has 1 unspecified atom stereocenters. The van der Waals surface area contributed by atoms with Gasteiger partial charge in [0.1, 0.15) is 5.69 Å². The van der Waals surface area contributed by atoms with E-state index in [9.17, 15) is 9.59 Å². The summed E-state index contributed by atoms with van der Waals surface area (Å²) in [7, 11) is 0. The lowest BCUT2D eigenvalue weighted by Gasteiger charge is -2.10. The smallest absolute Gasteiger partial charge is 0.268 e. The number of aryl methyl sites for hydroxylation is 1. The highest BCUT2D eigenvalue weighted by Gasteiger charge is 2.20. The molecule has 1 aromatic heterocycles. The minimum Gasteiger partial charge on any atom is -0.378 e. The van der Waals surface area contributed by atoms with E-state index in [0.29, 0.717) is 17.8 Å². The van der Waals surface area contributed by atoms with Crippen LogP contribution in [0.5, 0.6) is 0 Å². The van der Waals surface area contributed by atoms with Gasteiger partial charge in [0.25, 0.3) is 5.91 Å². The first-order chi connectivity index (χ1) is 9.50. The zero-order valence-electron chi connectivity index (χ0n) is 12.3. The number of rotatable bonds is 5. The standard InChI is InChI=1S/C15H22N2O3/c1-9-13(11(3)18)10(2)17-14(9)15(19)16-7-6-12-5-4-8-20-12/h12,17H,4-8H2,1-3H3,(H,16,19).